The van der Waals surface area contributed by atoms with Crippen LogP contribution in [0.3, 0.4) is 0 Å². The summed E-state index contributed by atoms with van der Waals surface area (Å²) in [5, 5.41) is 7.36. The Balaban J connectivity index is 2.48. The second-order valence-corrected chi connectivity index (χ2v) is 4.53. The summed E-state index contributed by atoms with van der Waals surface area (Å²) in [6, 6.07) is 1.97. The minimum absolute atomic E-state index is 0.295. The van der Waals surface area contributed by atoms with E-state index in [-0.39, 0.29) is 5.91 Å². The van der Waals surface area contributed by atoms with Crippen molar-refractivity contribution in [1.82, 2.24) is 15.1 Å². The smallest absolute Gasteiger partial charge is 0.237 e. The summed E-state index contributed by atoms with van der Waals surface area (Å²) < 4.78 is 1.94. The molecule has 0 saturated heterocycles. The van der Waals surface area contributed by atoms with E-state index in [1.807, 2.05) is 31.5 Å². The van der Waals surface area contributed by atoms with Crippen molar-refractivity contribution in [1.29, 1.82) is 0 Å². The van der Waals surface area contributed by atoms with Gasteiger partial charge in [-0.2, -0.15) is 5.10 Å². The molecule has 1 rings (SSSR count). The number of likely N-dealkylation sites (N-methyl/N-ethyl adjacent to an activating group) is 1. The van der Waals surface area contributed by atoms with Crippen LogP contribution in [-0.4, -0.2) is 27.8 Å². The predicted molar refractivity (Wildman–Crippen MR) is 67.5 cm³/mol. The molecule has 17 heavy (non-hydrogen) atoms. The number of amides is 1. The molecule has 1 heterocycles. The molecule has 5 nitrogen and oxygen atoms in total. The summed E-state index contributed by atoms with van der Waals surface area (Å²) in [6.45, 7) is 7.39. The van der Waals surface area contributed by atoms with Crippen LogP contribution in [0.4, 0.5) is 0 Å². The van der Waals surface area contributed by atoms with Gasteiger partial charge in [-0.15, -0.1) is 0 Å². The molecule has 0 aliphatic carbocycles. The molecule has 0 bridgehead atoms. The van der Waals surface area contributed by atoms with Crippen molar-refractivity contribution in [2.75, 3.05) is 6.54 Å². The Morgan fingerprint density at radius 1 is 1.65 bits per heavy atom. The first-order valence-electron chi connectivity index (χ1n) is 6.03. The van der Waals surface area contributed by atoms with Crippen LogP contribution in [0.5, 0.6) is 0 Å². The molecule has 0 fully saturated rings. The maximum Gasteiger partial charge on any atom is 0.237 e. The van der Waals surface area contributed by atoms with Gasteiger partial charge in [0.05, 0.1) is 5.54 Å². The van der Waals surface area contributed by atoms with Gasteiger partial charge in [-0.3, -0.25) is 9.48 Å². The topological polar surface area (TPSA) is 72.9 Å². The number of hydrogen-bond donors (Lipinski definition) is 2. The van der Waals surface area contributed by atoms with Crippen molar-refractivity contribution in [3.63, 3.8) is 0 Å². The van der Waals surface area contributed by atoms with Gasteiger partial charge in [-0.05, 0) is 39.3 Å². The minimum atomic E-state index is -0.615. The Kier molecular flexibility index (Phi) is 4.69. The van der Waals surface area contributed by atoms with Crippen molar-refractivity contribution < 1.29 is 4.79 Å². The van der Waals surface area contributed by atoms with Gasteiger partial charge in [0.25, 0.3) is 0 Å². The molecule has 0 aliphatic heterocycles. The predicted octanol–water partition coefficient (Wildman–Crippen LogP) is 0.825. The zero-order chi connectivity index (χ0) is 12.9. The molecule has 0 saturated carbocycles. The molecule has 96 valence electrons. The van der Waals surface area contributed by atoms with Gasteiger partial charge < -0.3 is 11.1 Å². The van der Waals surface area contributed by atoms with E-state index in [0.717, 1.165) is 31.6 Å². The monoisotopic (exact) mass is 238 g/mol. The first-order chi connectivity index (χ1) is 7.99. The minimum Gasteiger partial charge on any atom is -0.368 e. The molecule has 0 radical (unpaired) electrons. The third-order valence-corrected chi connectivity index (χ3v) is 3.09. The van der Waals surface area contributed by atoms with Crippen LogP contribution < -0.4 is 11.1 Å². The Labute approximate surface area is 102 Å². The number of aromatic nitrogens is 2. The van der Waals surface area contributed by atoms with Gasteiger partial charge in [0.15, 0.2) is 0 Å². The molecule has 0 aromatic carbocycles. The van der Waals surface area contributed by atoms with E-state index in [2.05, 4.69) is 10.4 Å². The van der Waals surface area contributed by atoms with E-state index in [1.165, 1.54) is 0 Å². The molecule has 0 aliphatic rings. The van der Waals surface area contributed by atoms with Gasteiger partial charge in [0.1, 0.15) is 0 Å². The summed E-state index contributed by atoms with van der Waals surface area (Å²) in [4.78, 5) is 11.4. The number of nitrogens with one attached hydrogen (secondary N) is 1. The average Bonchev–Trinajstić information content (AvgIpc) is 2.65. The Morgan fingerprint density at radius 3 is 2.82 bits per heavy atom. The molecule has 1 aromatic rings. The lowest BCUT2D eigenvalue weighted by atomic mass is 9.95. The van der Waals surface area contributed by atoms with Crippen LogP contribution >= 0.6 is 0 Å². The SMILES string of the molecule is CCNC(C)(CCCn1nccc1C)C(N)=O. The molecule has 0 spiro atoms. The molecule has 5 heteroatoms. The summed E-state index contributed by atoms with van der Waals surface area (Å²) in [6.07, 6.45) is 3.37. The number of primary amides is 1. The number of carbonyl (C=O) groups is 1. The fourth-order valence-corrected chi connectivity index (χ4v) is 1.90. The van der Waals surface area contributed by atoms with Crippen LogP contribution in [0.2, 0.25) is 0 Å². The zero-order valence-electron chi connectivity index (χ0n) is 10.9. The van der Waals surface area contributed by atoms with Crippen molar-refractivity contribution in [3.05, 3.63) is 18.0 Å². The van der Waals surface area contributed by atoms with Crippen molar-refractivity contribution in [2.45, 2.75) is 45.7 Å². The number of aryl methyl sites for hydroxylation is 2. The third-order valence-electron chi connectivity index (χ3n) is 3.09. The summed E-state index contributed by atoms with van der Waals surface area (Å²) in [5.41, 5.74) is 5.94. The van der Waals surface area contributed by atoms with E-state index < -0.39 is 5.54 Å². The highest BCUT2D eigenvalue weighted by Gasteiger charge is 2.29. The van der Waals surface area contributed by atoms with Gasteiger partial charge in [0, 0.05) is 18.4 Å². The number of rotatable bonds is 7. The van der Waals surface area contributed by atoms with Crippen LogP contribution in [-0.2, 0) is 11.3 Å². The number of carbonyl (C=O) groups excluding carboxylic acids is 1. The number of nitrogens with zero attached hydrogens (tertiary/aromatic N) is 2. The fourth-order valence-electron chi connectivity index (χ4n) is 1.90. The van der Waals surface area contributed by atoms with Crippen LogP contribution in [0.25, 0.3) is 0 Å². The normalized spacial score (nSPS) is 14.5. The third kappa shape index (κ3) is 3.56. The highest BCUT2D eigenvalue weighted by atomic mass is 16.1. The van der Waals surface area contributed by atoms with Crippen molar-refractivity contribution >= 4 is 5.91 Å². The first kappa shape index (κ1) is 13.7. The van der Waals surface area contributed by atoms with E-state index >= 15 is 0 Å². The second kappa shape index (κ2) is 5.82. The largest absolute Gasteiger partial charge is 0.368 e. The summed E-state index contributed by atoms with van der Waals surface area (Å²) in [5.74, 6) is -0.295. The summed E-state index contributed by atoms with van der Waals surface area (Å²) >= 11 is 0. The molecular formula is C12H22N4O. The van der Waals surface area contributed by atoms with Gasteiger partial charge in [-0.25, -0.2) is 0 Å². The fraction of sp³-hybridized carbons (Fsp3) is 0.667. The van der Waals surface area contributed by atoms with E-state index in [4.69, 9.17) is 5.73 Å². The van der Waals surface area contributed by atoms with Gasteiger partial charge >= 0.3 is 0 Å². The van der Waals surface area contributed by atoms with Gasteiger partial charge in [-0.1, -0.05) is 6.92 Å². The first-order valence-corrected chi connectivity index (χ1v) is 6.03. The highest BCUT2D eigenvalue weighted by molar-refractivity contribution is 5.84. The average molecular weight is 238 g/mol. The maximum absolute atomic E-state index is 11.4. The number of nitrogens with two attached hydrogens (primary N) is 1. The maximum atomic E-state index is 11.4. The molecular weight excluding hydrogens is 216 g/mol. The standard InChI is InChI=1S/C12H22N4O/c1-4-14-12(3,11(13)17)7-5-9-16-10(2)6-8-15-16/h6,8,14H,4-5,7,9H2,1-3H3,(H2,13,17). The molecule has 1 atom stereocenters. The Hall–Kier alpha value is -1.36. The van der Waals surface area contributed by atoms with E-state index in [9.17, 15) is 4.79 Å². The molecule has 1 aromatic heterocycles. The molecule has 1 unspecified atom stereocenters. The lowest BCUT2D eigenvalue weighted by Gasteiger charge is -2.27. The Morgan fingerprint density at radius 2 is 2.35 bits per heavy atom. The van der Waals surface area contributed by atoms with Crippen LogP contribution in [0.15, 0.2) is 12.3 Å². The van der Waals surface area contributed by atoms with E-state index in [1.54, 1.807) is 6.20 Å². The van der Waals surface area contributed by atoms with Crippen LogP contribution in [0, 0.1) is 6.92 Å². The molecule has 1 amide bonds. The summed E-state index contributed by atoms with van der Waals surface area (Å²) in [7, 11) is 0. The van der Waals surface area contributed by atoms with E-state index in [0.29, 0.717) is 0 Å². The lowest BCUT2D eigenvalue weighted by molar-refractivity contribution is -0.124. The Bertz CT molecular complexity index is 374. The quantitative estimate of drug-likeness (QED) is 0.739. The number of hydrogen-bond acceptors (Lipinski definition) is 3. The van der Waals surface area contributed by atoms with Crippen LogP contribution in [0.1, 0.15) is 32.4 Å². The molecule has 3 N–H and O–H groups in total. The zero-order valence-corrected chi connectivity index (χ0v) is 10.9. The van der Waals surface area contributed by atoms with Crippen molar-refractivity contribution in [3.8, 4) is 0 Å². The lowest BCUT2D eigenvalue weighted by Crippen LogP contribution is -2.53. The van der Waals surface area contributed by atoms with Crippen molar-refractivity contribution in [2.24, 2.45) is 5.73 Å². The van der Waals surface area contributed by atoms with Gasteiger partial charge in [0.2, 0.25) is 5.91 Å². The highest BCUT2D eigenvalue weighted by Crippen LogP contribution is 2.13. The second-order valence-electron chi connectivity index (χ2n) is 4.53.